The van der Waals surface area contributed by atoms with Crippen molar-refractivity contribution in [3.8, 4) is 0 Å². The number of fused-ring (bicyclic) bond motifs is 1. The van der Waals surface area contributed by atoms with Gasteiger partial charge < -0.3 is 10.6 Å². The molecule has 0 saturated heterocycles. The lowest BCUT2D eigenvalue weighted by molar-refractivity contribution is -0.115. The first-order chi connectivity index (χ1) is 15.0. The molecule has 31 heavy (non-hydrogen) atoms. The third-order valence-electron chi connectivity index (χ3n) is 4.71. The molecule has 154 valence electrons. The van der Waals surface area contributed by atoms with E-state index in [2.05, 4.69) is 10.6 Å². The Morgan fingerprint density at radius 2 is 1.35 bits per heavy atom. The number of carbonyl (C=O) groups excluding carboxylic acids is 2. The van der Waals surface area contributed by atoms with E-state index in [1.165, 1.54) is 12.1 Å². The van der Waals surface area contributed by atoms with Crippen LogP contribution in [0.4, 0.5) is 11.4 Å². The molecular formula is C25H18Cl2N2O2. The summed E-state index contributed by atoms with van der Waals surface area (Å²) in [7, 11) is 0. The van der Waals surface area contributed by atoms with Crippen molar-refractivity contribution in [3.05, 3.63) is 106 Å². The average molecular weight is 449 g/mol. The summed E-state index contributed by atoms with van der Waals surface area (Å²) in [5.41, 5.74) is 2.42. The molecule has 0 fully saturated rings. The van der Waals surface area contributed by atoms with Gasteiger partial charge in [-0.3, -0.25) is 9.59 Å². The van der Waals surface area contributed by atoms with Crippen molar-refractivity contribution in [2.24, 2.45) is 0 Å². The predicted octanol–water partition coefficient (Wildman–Crippen LogP) is 6.58. The van der Waals surface area contributed by atoms with E-state index in [1.807, 2.05) is 42.5 Å². The summed E-state index contributed by atoms with van der Waals surface area (Å²) in [6.45, 7) is 0. The Bertz CT molecular complexity index is 1270. The van der Waals surface area contributed by atoms with Crippen LogP contribution >= 0.6 is 23.2 Å². The molecule has 4 aromatic carbocycles. The molecule has 2 N–H and O–H groups in total. The zero-order chi connectivity index (χ0) is 21.8. The minimum Gasteiger partial charge on any atom is -0.326 e. The third kappa shape index (κ3) is 5.43. The van der Waals surface area contributed by atoms with E-state index in [1.54, 1.807) is 30.3 Å². The summed E-state index contributed by atoms with van der Waals surface area (Å²) in [6.07, 6.45) is 0.252. The van der Waals surface area contributed by atoms with Crippen LogP contribution < -0.4 is 10.6 Å². The van der Waals surface area contributed by atoms with E-state index in [0.29, 0.717) is 27.0 Å². The Morgan fingerprint density at radius 3 is 2.10 bits per heavy atom. The highest BCUT2D eigenvalue weighted by molar-refractivity contribution is 6.35. The molecule has 4 aromatic rings. The van der Waals surface area contributed by atoms with Gasteiger partial charge in [-0.25, -0.2) is 0 Å². The molecule has 0 heterocycles. The number of rotatable bonds is 5. The summed E-state index contributed by atoms with van der Waals surface area (Å²) >= 11 is 11.9. The number of hydrogen-bond acceptors (Lipinski definition) is 2. The number of nitrogens with one attached hydrogen (secondary N) is 2. The first-order valence-corrected chi connectivity index (χ1v) is 10.4. The summed E-state index contributed by atoms with van der Waals surface area (Å²) in [6, 6.07) is 25.6. The molecule has 4 rings (SSSR count). The molecule has 0 saturated carbocycles. The van der Waals surface area contributed by atoms with E-state index >= 15 is 0 Å². The van der Waals surface area contributed by atoms with Gasteiger partial charge in [0.25, 0.3) is 5.91 Å². The standard InChI is InChI=1S/C25H18Cl2N2O2/c26-20-12-19(13-21(27)14-20)25(31)29-23-7-3-6-22(15-23)28-24(30)11-16-8-9-17-4-1-2-5-18(17)10-16/h1-10,12-15H,11H2,(H,28,30)(H,29,31). The topological polar surface area (TPSA) is 58.2 Å². The molecular weight excluding hydrogens is 431 g/mol. The summed E-state index contributed by atoms with van der Waals surface area (Å²) < 4.78 is 0. The minimum atomic E-state index is -0.343. The smallest absolute Gasteiger partial charge is 0.255 e. The number of amides is 2. The Labute approximate surface area is 189 Å². The van der Waals surface area contributed by atoms with Gasteiger partial charge in [0.1, 0.15) is 0 Å². The van der Waals surface area contributed by atoms with E-state index < -0.39 is 0 Å². The van der Waals surface area contributed by atoms with Crippen molar-refractivity contribution in [1.82, 2.24) is 0 Å². The molecule has 0 aromatic heterocycles. The highest BCUT2D eigenvalue weighted by Gasteiger charge is 2.10. The fourth-order valence-corrected chi connectivity index (χ4v) is 3.83. The van der Waals surface area contributed by atoms with Gasteiger partial charge >= 0.3 is 0 Å². The predicted molar refractivity (Wildman–Crippen MR) is 127 cm³/mol. The highest BCUT2D eigenvalue weighted by atomic mass is 35.5. The molecule has 0 unspecified atom stereocenters. The zero-order valence-corrected chi connectivity index (χ0v) is 17.9. The third-order valence-corrected chi connectivity index (χ3v) is 5.14. The lowest BCUT2D eigenvalue weighted by Crippen LogP contribution is -2.15. The first-order valence-electron chi connectivity index (χ1n) is 9.61. The highest BCUT2D eigenvalue weighted by Crippen LogP contribution is 2.22. The van der Waals surface area contributed by atoms with E-state index in [4.69, 9.17) is 23.2 Å². The second-order valence-electron chi connectivity index (χ2n) is 7.10. The molecule has 0 radical (unpaired) electrons. The number of carbonyl (C=O) groups is 2. The second-order valence-corrected chi connectivity index (χ2v) is 7.97. The van der Waals surface area contributed by atoms with Crippen molar-refractivity contribution in [2.75, 3.05) is 10.6 Å². The quantitative estimate of drug-likeness (QED) is 0.362. The summed E-state index contributed by atoms with van der Waals surface area (Å²) in [5.74, 6) is -0.482. The first kappa shape index (κ1) is 20.9. The number of hydrogen-bond donors (Lipinski definition) is 2. The molecule has 0 aliphatic heterocycles. The van der Waals surface area contributed by atoms with Crippen molar-refractivity contribution in [3.63, 3.8) is 0 Å². The molecule has 0 aliphatic rings. The fraction of sp³-hybridized carbons (Fsp3) is 0.0400. The lowest BCUT2D eigenvalue weighted by atomic mass is 10.0. The van der Waals surface area contributed by atoms with Gasteiger partial charge in [-0.1, -0.05) is 71.7 Å². The van der Waals surface area contributed by atoms with E-state index in [9.17, 15) is 9.59 Å². The summed E-state index contributed by atoms with van der Waals surface area (Å²) in [4.78, 5) is 25.0. The van der Waals surface area contributed by atoms with Crippen LogP contribution in [0.3, 0.4) is 0 Å². The molecule has 6 heteroatoms. The largest absolute Gasteiger partial charge is 0.326 e. The van der Waals surface area contributed by atoms with Gasteiger partial charge in [-0.2, -0.15) is 0 Å². The Kier molecular flexibility index (Phi) is 6.21. The Morgan fingerprint density at radius 1 is 0.677 bits per heavy atom. The van der Waals surface area contributed by atoms with Crippen molar-refractivity contribution in [2.45, 2.75) is 6.42 Å². The van der Waals surface area contributed by atoms with Gasteiger partial charge in [0.05, 0.1) is 6.42 Å². The molecule has 0 bridgehead atoms. The van der Waals surface area contributed by atoms with E-state index in [-0.39, 0.29) is 18.2 Å². The van der Waals surface area contributed by atoms with Crippen LogP contribution in [0.25, 0.3) is 10.8 Å². The maximum absolute atomic E-state index is 12.5. The molecule has 0 spiro atoms. The maximum Gasteiger partial charge on any atom is 0.255 e. The Balaban J connectivity index is 1.42. The van der Waals surface area contributed by atoms with Gasteiger partial charge in [0, 0.05) is 27.0 Å². The van der Waals surface area contributed by atoms with Crippen LogP contribution in [0.1, 0.15) is 15.9 Å². The Hall–Kier alpha value is -3.34. The zero-order valence-electron chi connectivity index (χ0n) is 16.4. The number of anilines is 2. The molecule has 0 aliphatic carbocycles. The van der Waals surface area contributed by atoms with Crippen molar-refractivity contribution in [1.29, 1.82) is 0 Å². The van der Waals surface area contributed by atoms with E-state index in [0.717, 1.165) is 16.3 Å². The van der Waals surface area contributed by atoms with Gasteiger partial charge in [-0.15, -0.1) is 0 Å². The van der Waals surface area contributed by atoms with Gasteiger partial charge in [0.15, 0.2) is 0 Å². The SMILES string of the molecule is O=C(Cc1ccc2ccccc2c1)Nc1cccc(NC(=O)c2cc(Cl)cc(Cl)c2)c1. The van der Waals surface area contributed by atoms with Gasteiger partial charge in [0.2, 0.25) is 5.91 Å². The molecule has 0 atom stereocenters. The van der Waals surface area contributed by atoms with Crippen molar-refractivity contribution >= 4 is 57.2 Å². The molecule has 4 nitrogen and oxygen atoms in total. The normalized spacial score (nSPS) is 10.6. The van der Waals surface area contributed by atoms with Crippen LogP contribution in [-0.4, -0.2) is 11.8 Å². The fourth-order valence-electron chi connectivity index (χ4n) is 3.30. The lowest BCUT2D eigenvalue weighted by Gasteiger charge is -2.10. The summed E-state index contributed by atoms with van der Waals surface area (Å²) in [5, 5.41) is 8.66. The molecule has 2 amide bonds. The van der Waals surface area contributed by atoms with Crippen LogP contribution in [0.15, 0.2) is 84.9 Å². The van der Waals surface area contributed by atoms with Crippen LogP contribution in [0.2, 0.25) is 10.0 Å². The van der Waals surface area contributed by atoms with Gasteiger partial charge in [-0.05, 0) is 52.7 Å². The maximum atomic E-state index is 12.5. The number of benzene rings is 4. The minimum absolute atomic E-state index is 0.139. The van der Waals surface area contributed by atoms with Crippen LogP contribution in [0.5, 0.6) is 0 Å². The van der Waals surface area contributed by atoms with Crippen molar-refractivity contribution < 1.29 is 9.59 Å². The number of halogens is 2. The second kappa shape index (κ2) is 9.21. The van der Waals surface area contributed by atoms with Crippen LogP contribution in [-0.2, 0) is 11.2 Å². The van der Waals surface area contributed by atoms with Crippen LogP contribution in [0, 0.1) is 0 Å². The monoisotopic (exact) mass is 448 g/mol. The average Bonchev–Trinajstić information content (AvgIpc) is 2.73.